The van der Waals surface area contributed by atoms with Crippen LogP contribution < -0.4 is 0 Å². The van der Waals surface area contributed by atoms with Crippen LogP contribution in [-0.4, -0.2) is 0 Å². The van der Waals surface area contributed by atoms with E-state index in [9.17, 15) is 0 Å². The fourth-order valence-electron chi connectivity index (χ4n) is 1.52. The smallest absolute Gasteiger partial charge is 0.00974 e. The van der Waals surface area contributed by atoms with Crippen molar-refractivity contribution in [1.29, 1.82) is 0 Å². The summed E-state index contributed by atoms with van der Waals surface area (Å²) in [4.78, 5) is 0. The van der Waals surface area contributed by atoms with Gasteiger partial charge >= 0.3 is 0 Å². The fraction of sp³-hybridized carbons (Fsp3) is 0.263. The van der Waals surface area contributed by atoms with Crippen LogP contribution in [0.2, 0.25) is 0 Å². The molecule has 0 spiro atoms. The van der Waals surface area contributed by atoms with Crippen LogP contribution in [0.15, 0.2) is 84.1 Å². The van der Waals surface area contributed by atoms with E-state index in [2.05, 4.69) is 58.4 Å². The first-order valence-corrected chi connectivity index (χ1v) is 6.45. The van der Waals surface area contributed by atoms with Crippen molar-refractivity contribution in [3.63, 3.8) is 0 Å². The first-order valence-electron chi connectivity index (χ1n) is 6.45. The third-order valence-electron chi connectivity index (χ3n) is 2.71. The second kappa shape index (κ2) is 8.31. The number of allylic oxidation sites excluding steroid dienone is 10. The van der Waals surface area contributed by atoms with Crippen LogP contribution in [0.25, 0.3) is 0 Å². The van der Waals surface area contributed by atoms with Crippen molar-refractivity contribution in [1.82, 2.24) is 0 Å². The molecule has 0 atom stereocenters. The third kappa shape index (κ3) is 7.99. The average molecular weight is 254 g/mol. The summed E-state index contributed by atoms with van der Waals surface area (Å²) in [6.45, 7) is 23.9. The van der Waals surface area contributed by atoms with Crippen molar-refractivity contribution < 1.29 is 0 Å². The Kier molecular flexibility index (Phi) is 7.52. The van der Waals surface area contributed by atoms with Crippen molar-refractivity contribution in [2.45, 2.75) is 34.1 Å². The second-order valence-corrected chi connectivity index (χ2v) is 5.08. The van der Waals surface area contributed by atoms with Crippen LogP contribution in [0.4, 0.5) is 0 Å². The van der Waals surface area contributed by atoms with E-state index in [0.717, 1.165) is 28.7 Å². The Bertz CT molecular complexity index is 476. The van der Waals surface area contributed by atoms with Gasteiger partial charge in [0, 0.05) is 0 Å². The minimum absolute atomic E-state index is 0.828. The topological polar surface area (TPSA) is 0 Å². The van der Waals surface area contributed by atoms with Gasteiger partial charge in [0.25, 0.3) is 0 Å². The van der Waals surface area contributed by atoms with Gasteiger partial charge in [-0.3, -0.25) is 0 Å². The Morgan fingerprint density at radius 2 is 1.47 bits per heavy atom. The average Bonchev–Trinajstić information content (AvgIpc) is 2.26. The van der Waals surface area contributed by atoms with Crippen molar-refractivity contribution in [2.75, 3.05) is 0 Å². The quantitative estimate of drug-likeness (QED) is 0.482. The van der Waals surface area contributed by atoms with E-state index in [4.69, 9.17) is 0 Å². The standard InChI is InChI=1S/C19H26/c1-14(2)12-16(5)13-19(8)18(7)11-9-10-17(6)15(3)4/h9-10,12-13H,1,3,6-7,11H2,2,4-5,8H3. The van der Waals surface area contributed by atoms with Gasteiger partial charge in [-0.2, -0.15) is 0 Å². The van der Waals surface area contributed by atoms with Crippen LogP contribution >= 0.6 is 0 Å². The summed E-state index contributed by atoms with van der Waals surface area (Å²) in [5.41, 5.74) is 6.52. The van der Waals surface area contributed by atoms with E-state index in [-0.39, 0.29) is 0 Å². The van der Waals surface area contributed by atoms with Gasteiger partial charge in [-0.05, 0) is 50.8 Å². The normalized spacial score (nSPS) is 12.6. The zero-order valence-electron chi connectivity index (χ0n) is 12.8. The van der Waals surface area contributed by atoms with E-state index in [1.54, 1.807) is 0 Å². The van der Waals surface area contributed by atoms with Crippen molar-refractivity contribution in [3.05, 3.63) is 84.1 Å². The van der Waals surface area contributed by atoms with E-state index in [0.29, 0.717) is 0 Å². The molecule has 0 N–H and O–H groups in total. The first-order chi connectivity index (χ1) is 8.73. The van der Waals surface area contributed by atoms with Gasteiger partial charge in [-0.25, -0.2) is 0 Å². The lowest BCUT2D eigenvalue weighted by molar-refractivity contribution is 1.21. The van der Waals surface area contributed by atoms with Crippen LogP contribution in [0.1, 0.15) is 34.1 Å². The van der Waals surface area contributed by atoms with Crippen molar-refractivity contribution in [3.8, 4) is 0 Å². The second-order valence-electron chi connectivity index (χ2n) is 5.08. The molecule has 0 fully saturated rings. The Labute approximate surface area is 118 Å². The maximum atomic E-state index is 4.11. The molecule has 0 aromatic rings. The summed E-state index contributed by atoms with van der Waals surface area (Å²) in [6, 6.07) is 0. The molecule has 0 aliphatic carbocycles. The highest BCUT2D eigenvalue weighted by Gasteiger charge is 1.96. The SMILES string of the molecule is C=C(C)C=C(C)C=C(C)C(=C)CC=CC(=C)C(=C)C. The Morgan fingerprint density at radius 1 is 0.895 bits per heavy atom. The molecular formula is C19H26. The largest absolute Gasteiger partial charge is 0.0961 e. The number of hydrogen-bond donors (Lipinski definition) is 0. The predicted octanol–water partition coefficient (Wildman–Crippen LogP) is 6.09. The van der Waals surface area contributed by atoms with Gasteiger partial charge in [0.1, 0.15) is 0 Å². The molecule has 0 rings (SSSR count). The monoisotopic (exact) mass is 254 g/mol. The molecule has 19 heavy (non-hydrogen) atoms. The Hall–Kier alpha value is -1.82. The zero-order valence-corrected chi connectivity index (χ0v) is 12.8. The summed E-state index contributed by atoms with van der Waals surface area (Å²) >= 11 is 0. The van der Waals surface area contributed by atoms with E-state index in [1.807, 2.05) is 19.9 Å². The van der Waals surface area contributed by atoms with Gasteiger partial charge in [0.15, 0.2) is 0 Å². The zero-order chi connectivity index (χ0) is 15.0. The maximum Gasteiger partial charge on any atom is -0.00974 e. The molecular weight excluding hydrogens is 228 g/mol. The molecule has 0 amide bonds. The molecule has 0 aliphatic heterocycles. The number of rotatable bonds is 7. The molecule has 0 saturated carbocycles. The molecule has 0 aromatic carbocycles. The highest BCUT2D eigenvalue weighted by Crippen LogP contribution is 2.16. The van der Waals surface area contributed by atoms with Gasteiger partial charge in [0.2, 0.25) is 0 Å². The molecule has 0 heterocycles. The third-order valence-corrected chi connectivity index (χ3v) is 2.71. The summed E-state index contributed by atoms with van der Waals surface area (Å²) in [7, 11) is 0. The Balaban J connectivity index is 4.60. The van der Waals surface area contributed by atoms with E-state index < -0.39 is 0 Å². The van der Waals surface area contributed by atoms with Crippen molar-refractivity contribution >= 4 is 0 Å². The molecule has 0 unspecified atom stereocenters. The van der Waals surface area contributed by atoms with Crippen LogP contribution in [0, 0.1) is 0 Å². The number of hydrogen-bond acceptors (Lipinski definition) is 0. The molecule has 0 aromatic heterocycles. The van der Waals surface area contributed by atoms with Gasteiger partial charge in [-0.1, -0.05) is 67.3 Å². The van der Waals surface area contributed by atoms with Gasteiger partial charge in [-0.15, -0.1) is 0 Å². The molecule has 0 heteroatoms. The van der Waals surface area contributed by atoms with Crippen LogP contribution in [0.3, 0.4) is 0 Å². The van der Waals surface area contributed by atoms with Crippen LogP contribution in [0.5, 0.6) is 0 Å². The molecule has 0 aliphatic rings. The molecule has 0 nitrogen and oxygen atoms in total. The van der Waals surface area contributed by atoms with Crippen LogP contribution in [-0.2, 0) is 0 Å². The summed E-state index contributed by atoms with van der Waals surface area (Å²) in [5, 5.41) is 0. The fourth-order valence-corrected chi connectivity index (χ4v) is 1.52. The minimum atomic E-state index is 0.828. The lowest BCUT2D eigenvalue weighted by Crippen LogP contribution is -1.84. The highest BCUT2D eigenvalue weighted by molar-refractivity contribution is 5.38. The molecule has 0 radical (unpaired) electrons. The van der Waals surface area contributed by atoms with Gasteiger partial charge < -0.3 is 0 Å². The van der Waals surface area contributed by atoms with E-state index >= 15 is 0 Å². The summed E-state index contributed by atoms with van der Waals surface area (Å²) in [5.74, 6) is 0. The van der Waals surface area contributed by atoms with E-state index in [1.165, 1.54) is 11.1 Å². The first kappa shape index (κ1) is 17.2. The predicted molar refractivity (Wildman–Crippen MR) is 89.2 cm³/mol. The highest BCUT2D eigenvalue weighted by atomic mass is 14.0. The lowest BCUT2D eigenvalue weighted by Gasteiger charge is -2.04. The molecule has 0 saturated heterocycles. The summed E-state index contributed by atoms with van der Waals surface area (Å²) in [6.07, 6.45) is 9.11. The van der Waals surface area contributed by atoms with Gasteiger partial charge in [0.05, 0.1) is 0 Å². The van der Waals surface area contributed by atoms with Crippen molar-refractivity contribution in [2.24, 2.45) is 0 Å². The maximum absolute atomic E-state index is 4.11. The molecule has 0 bridgehead atoms. The Morgan fingerprint density at radius 3 is 1.95 bits per heavy atom. The minimum Gasteiger partial charge on any atom is -0.0961 e. The summed E-state index contributed by atoms with van der Waals surface area (Å²) < 4.78 is 0. The lowest BCUT2D eigenvalue weighted by atomic mass is 10.0. The molecule has 102 valence electrons.